The van der Waals surface area contributed by atoms with Crippen molar-refractivity contribution in [1.29, 1.82) is 0 Å². The first kappa shape index (κ1) is 18.4. The average molecular weight is 368 g/mol. The first-order valence-corrected chi connectivity index (χ1v) is 8.18. The summed E-state index contributed by atoms with van der Waals surface area (Å²) in [6, 6.07) is 11.6. The van der Waals surface area contributed by atoms with Crippen molar-refractivity contribution in [3.63, 3.8) is 0 Å². The monoisotopic (exact) mass is 368 g/mol. The minimum absolute atomic E-state index is 0.105. The summed E-state index contributed by atoms with van der Waals surface area (Å²) < 4.78 is 21.2. The van der Waals surface area contributed by atoms with Crippen LogP contribution < -0.4 is 18.9 Å². The van der Waals surface area contributed by atoms with Gasteiger partial charge in [-0.05, 0) is 47.2 Å². The van der Waals surface area contributed by atoms with Crippen molar-refractivity contribution in [2.75, 3.05) is 28.4 Å². The van der Waals surface area contributed by atoms with Gasteiger partial charge in [0.05, 0.1) is 34.0 Å². The lowest BCUT2D eigenvalue weighted by Crippen LogP contribution is -2.05. The standard InChI is InChI=1S/C21H20O6/c1-24-14-6-7-15-12(9-14)5-8-16(22)19(15)20(23)13-10-17(25-2)21(27-4)18(11-13)26-3/h5-11,22H,1-4H3. The summed E-state index contributed by atoms with van der Waals surface area (Å²) in [7, 11) is 6.02. The van der Waals surface area contributed by atoms with E-state index in [9.17, 15) is 9.90 Å². The number of benzene rings is 3. The lowest BCUT2D eigenvalue weighted by atomic mass is 9.95. The molecule has 3 rings (SSSR count). The molecule has 0 atom stereocenters. The van der Waals surface area contributed by atoms with Crippen molar-refractivity contribution in [1.82, 2.24) is 0 Å². The Kier molecular flexibility index (Phi) is 5.07. The molecule has 3 aromatic rings. The highest BCUT2D eigenvalue weighted by Crippen LogP contribution is 2.40. The number of methoxy groups -OCH3 is 4. The van der Waals surface area contributed by atoms with Crippen molar-refractivity contribution < 1.29 is 28.8 Å². The Hall–Kier alpha value is -3.41. The van der Waals surface area contributed by atoms with E-state index in [0.717, 1.165) is 5.39 Å². The van der Waals surface area contributed by atoms with Gasteiger partial charge < -0.3 is 24.1 Å². The van der Waals surface area contributed by atoms with Crippen molar-refractivity contribution >= 4 is 16.6 Å². The van der Waals surface area contributed by atoms with Gasteiger partial charge >= 0.3 is 0 Å². The Morgan fingerprint density at radius 3 is 2.04 bits per heavy atom. The normalized spacial score (nSPS) is 10.5. The fourth-order valence-electron chi connectivity index (χ4n) is 3.02. The fraction of sp³-hybridized carbons (Fsp3) is 0.190. The van der Waals surface area contributed by atoms with Crippen molar-refractivity contribution in [3.05, 3.63) is 53.6 Å². The number of ketones is 1. The van der Waals surface area contributed by atoms with Gasteiger partial charge in [-0.3, -0.25) is 4.79 Å². The maximum Gasteiger partial charge on any atom is 0.203 e. The van der Waals surface area contributed by atoms with Crippen LogP contribution in [0.1, 0.15) is 15.9 Å². The molecule has 0 saturated carbocycles. The predicted molar refractivity (Wildman–Crippen MR) is 102 cm³/mol. The smallest absolute Gasteiger partial charge is 0.203 e. The average Bonchev–Trinajstić information content (AvgIpc) is 2.71. The van der Waals surface area contributed by atoms with E-state index in [2.05, 4.69) is 0 Å². The summed E-state index contributed by atoms with van der Waals surface area (Å²) in [6.07, 6.45) is 0. The van der Waals surface area contributed by atoms with Gasteiger partial charge in [0.1, 0.15) is 11.5 Å². The Morgan fingerprint density at radius 1 is 0.815 bits per heavy atom. The second kappa shape index (κ2) is 7.45. The Morgan fingerprint density at radius 2 is 1.48 bits per heavy atom. The number of rotatable bonds is 6. The molecule has 0 unspecified atom stereocenters. The Labute approximate surface area is 156 Å². The quantitative estimate of drug-likeness (QED) is 0.667. The van der Waals surface area contributed by atoms with Crippen LogP contribution in [-0.4, -0.2) is 39.3 Å². The molecule has 140 valence electrons. The second-order valence-electron chi connectivity index (χ2n) is 5.79. The molecule has 0 aliphatic rings. The number of ether oxygens (including phenoxy) is 4. The SMILES string of the molecule is COc1ccc2c(C(=O)c3cc(OC)c(OC)c(OC)c3)c(O)ccc2c1. The molecule has 3 aromatic carbocycles. The largest absolute Gasteiger partial charge is 0.507 e. The molecule has 0 radical (unpaired) electrons. The Balaban J connectivity index is 2.20. The zero-order valence-electron chi connectivity index (χ0n) is 15.5. The highest BCUT2D eigenvalue weighted by atomic mass is 16.5. The number of phenolic OH excluding ortho intramolecular Hbond substituents is 1. The number of hydrogen-bond donors (Lipinski definition) is 1. The van der Waals surface area contributed by atoms with E-state index < -0.39 is 0 Å². The summed E-state index contributed by atoms with van der Waals surface area (Å²) >= 11 is 0. The van der Waals surface area contributed by atoms with Gasteiger partial charge in [0.2, 0.25) is 5.75 Å². The van der Waals surface area contributed by atoms with E-state index in [1.165, 1.54) is 27.4 Å². The van der Waals surface area contributed by atoms with Crippen LogP contribution in [0.15, 0.2) is 42.5 Å². The van der Waals surface area contributed by atoms with Crippen LogP contribution in [0.2, 0.25) is 0 Å². The van der Waals surface area contributed by atoms with Crippen LogP contribution >= 0.6 is 0 Å². The molecule has 0 aromatic heterocycles. The molecule has 1 N–H and O–H groups in total. The Bertz CT molecular complexity index is 984. The summed E-state index contributed by atoms with van der Waals surface area (Å²) in [6.45, 7) is 0. The zero-order valence-corrected chi connectivity index (χ0v) is 15.5. The lowest BCUT2D eigenvalue weighted by molar-refractivity contribution is 0.103. The van der Waals surface area contributed by atoms with Crippen LogP contribution in [0.3, 0.4) is 0 Å². The van der Waals surface area contributed by atoms with E-state index in [4.69, 9.17) is 18.9 Å². The first-order valence-electron chi connectivity index (χ1n) is 8.18. The summed E-state index contributed by atoms with van der Waals surface area (Å²) in [5.74, 6) is 1.32. The van der Waals surface area contributed by atoms with Crippen LogP contribution in [0.5, 0.6) is 28.7 Å². The van der Waals surface area contributed by atoms with Gasteiger partial charge in [-0.2, -0.15) is 0 Å². The summed E-state index contributed by atoms with van der Waals surface area (Å²) in [5, 5.41) is 11.8. The van der Waals surface area contributed by atoms with E-state index in [1.807, 2.05) is 0 Å². The van der Waals surface area contributed by atoms with Gasteiger partial charge in [-0.15, -0.1) is 0 Å². The van der Waals surface area contributed by atoms with Crippen LogP contribution in [0.4, 0.5) is 0 Å². The molecule has 0 fully saturated rings. The molecular weight excluding hydrogens is 348 g/mol. The topological polar surface area (TPSA) is 74.2 Å². The van der Waals surface area contributed by atoms with E-state index in [-0.39, 0.29) is 17.1 Å². The van der Waals surface area contributed by atoms with Gasteiger partial charge in [-0.25, -0.2) is 0 Å². The van der Waals surface area contributed by atoms with Gasteiger partial charge in [0.15, 0.2) is 17.3 Å². The number of aromatic hydroxyl groups is 1. The van der Waals surface area contributed by atoms with E-state index >= 15 is 0 Å². The van der Waals surface area contributed by atoms with E-state index in [1.54, 1.807) is 43.5 Å². The zero-order chi connectivity index (χ0) is 19.6. The summed E-state index contributed by atoms with van der Waals surface area (Å²) in [5.41, 5.74) is 0.507. The lowest BCUT2D eigenvalue weighted by Gasteiger charge is -2.15. The number of hydrogen-bond acceptors (Lipinski definition) is 6. The maximum absolute atomic E-state index is 13.2. The van der Waals surface area contributed by atoms with Gasteiger partial charge in [-0.1, -0.05) is 6.07 Å². The molecule has 0 bridgehead atoms. The molecule has 0 amide bonds. The molecule has 6 nitrogen and oxygen atoms in total. The minimum atomic E-state index is -0.359. The van der Waals surface area contributed by atoms with Gasteiger partial charge in [0.25, 0.3) is 0 Å². The number of carbonyl (C=O) groups is 1. The number of phenols is 1. The maximum atomic E-state index is 13.2. The molecule has 0 spiro atoms. The van der Waals surface area contributed by atoms with Crippen molar-refractivity contribution in [3.8, 4) is 28.7 Å². The highest BCUT2D eigenvalue weighted by Gasteiger charge is 2.22. The highest BCUT2D eigenvalue weighted by molar-refractivity contribution is 6.18. The molecule has 0 aliphatic heterocycles. The second-order valence-corrected chi connectivity index (χ2v) is 5.79. The molecule has 6 heteroatoms. The minimum Gasteiger partial charge on any atom is -0.507 e. The fourth-order valence-corrected chi connectivity index (χ4v) is 3.02. The van der Waals surface area contributed by atoms with Gasteiger partial charge in [0, 0.05) is 5.56 Å². The molecule has 0 aliphatic carbocycles. The molecule has 0 saturated heterocycles. The van der Waals surface area contributed by atoms with E-state index in [0.29, 0.717) is 33.9 Å². The van der Waals surface area contributed by atoms with Crippen molar-refractivity contribution in [2.45, 2.75) is 0 Å². The first-order chi connectivity index (χ1) is 13.0. The van der Waals surface area contributed by atoms with Crippen LogP contribution in [0, 0.1) is 0 Å². The third kappa shape index (κ3) is 3.21. The molecule has 27 heavy (non-hydrogen) atoms. The predicted octanol–water partition coefficient (Wildman–Crippen LogP) is 3.81. The number of fused-ring (bicyclic) bond motifs is 1. The van der Waals surface area contributed by atoms with Crippen molar-refractivity contribution in [2.24, 2.45) is 0 Å². The van der Waals surface area contributed by atoms with Crippen LogP contribution in [0.25, 0.3) is 10.8 Å². The molecular formula is C21H20O6. The molecule has 0 heterocycles. The van der Waals surface area contributed by atoms with Crippen LogP contribution in [-0.2, 0) is 0 Å². The third-order valence-electron chi connectivity index (χ3n) is 4.36. The third-order valence-corrected chi connectivity index (χ3v) is 4.36. The number of carbonyl (C=O) groups excluding carboxylic acids is 1. The summed E-state index contributed by atoms with van der Waals surface area (Å²) in [4.78, 5) is 13.2.